The largest absolute Gasteiger partial charge is 0.479 e. The lowest BCUT2D eigenvalue weighted by Crippen LogP contribution is -2.52. The van der Waals surface area contributed by atoms with Gasteiger partial charge in [0.05, 0.1) is 17.9 Å². The van der Waals surface area contributed by atoms with Gasteiger partial charge in [-0.15, -0.1) is 0 Å². The average Bonchev–Trinajstić information content (AvgIpc) is 3.47. The van der Waals surface area contributed by atoms with Gasteiger partial charge in [0.2, 0.25) is 0 Å². The number of piperidine rings is 1. The summed E-state index contributed by atoms with van der Waals surface area (Å²) in [6, 6.07) is 5.57. The van der Waals surface area contributed by atoms with Crippen molar-refractivity contribution in [2.75, 3.05) is 24.5 Å². The van der Waals surface area contributed by atoms with E-state index in [1.807, 2.05) is 36.9 Å². The SMILES string of the molecule is Cc1nn(C(C)c2ccc(Cl)cc2Cl)c2nc(N3CCC(N4CCC[C@H]4CC(F)C(=O)O)C(C)C3)cnc12. The van der Waals surface area contributed by atoms with Crippen LogP contribution >= 0.6 is 23.2 Å². The molecule has 2 aliphatic rings. The van der Waals surface area contributed by atoms with Crippen molar-refractivity contribution in [1.82, 2.24) is 24.6 Å². The number of alkyl halides is 1. The molecule has 5 atom stereocenters. The molecule has 0 bridgehead atoms. The van der Waals surface area contributed by atoms with Gasteiger partial charge in [-0.1, -0.05) is 36.2 Å². The molecule has 5 rings (SSSR count). The highest BCUT2D eigenvalue weighted by molar-refractivity contribution is 6.35. The molecule has 4 heterocycles. The summed E-state index contributed by atoms with van der Waals surface area (Å²) in [5, 5.41) is 14.9. The first-order valence-electron chi connectivity index (χ1n) is 13.2. The minimum atomic E-state index is -1.81. The highest BCUT2D eigenvalue weighted by atomic mass is 35.5. The molecule has 8 nitrogen and oxygen atoms in total. The molecule has 38 heavy (non-hydrogen) atoms. The Labute approximate surface area is 231 Å². The molecular weight excluding hydrogens is 530 g/mol. The second-order valence-corrected chi connectivity index (χ2v) is 11.5. The minimum absolute atomic E-state index is 0.0188. The molecule has 0 aliphatic carbocycles. The Hall–Kier alpha value is -2.49. The van der Waals surface area contributed by atoms with E-state index in [0.717, 1.165) is 61.5 Å². The lowest BCUT2D eigenvalue weighted by Gasteiger charge is -2.44. The van der Waals surface area contributed by atoms with Crippen molar-refractivity contribution in [3.63, 3.8) is 0 Å². The number of nitrogens with zero attached hydrogens (tertiary/aromatic N) is 6. The molecular formula is C27H33Cl2FN6O2. The number of likely N-dealkylation sites (tertiary alicyclic amines) is 1. The van der Waals surface area contributed by atoms with E-state index in [1.54, 1.807) is 6.07 Å². The van der Waals surface area contributed by atoms with E-state index in [4.69, 9.17) is 43.4 Å². The number of aryl methyl sites for hydroxylation is 1. The molecule has 2 fully saturated rings. The van der Waals surface area contributed by atoms with Crippen molar-refractivity contribution in [1.29, 1.82) is 0 Å². The van der Waals surface area contributed by atoms with Gasteiger partial charge in [-0.05, 0) is 63.3 Å². The lowest BCUT2D eigenvalue weighted by atomic mass is 9.91. The number of carboxylic acids is 1. The van der Waals surface area contributed by atoms with Gasteiger partial charge in [0.1, 0.15) is 11.3 Å². The molecule has 2 aromatic heterocycles. The van der Waals surface area contributed by atoms with Crippen molar-refractivity contribution in [3.8, 4) is 0 Å². The molecule has 0 radical (unpaired) electrons. The Morgan fingerprint density at radius 3 is 2.76 bits per heavy atom. The summed E-state index contributed by atoms with van der Waals surface area (Å²) in [7, 11) is 0. The van der Waals surface area contributed by atoms with Gasteiger partial charge in [-0.3, -0.25) is 4.90 Å². The number of halogens is 3. The third-order valence-electron chi connectivity index (χ3n) is 8.12. The second kappa shape index (κ2) is 10.9. The van der Waals surface area contributed by atoms with E-state index >= 15 is 0 Å². The van der Waals surface area contributed by atoms with Crippen molar-refractivity contribution in [2.24, 2.45) is 5.92 Å². The first-order valence-corrected chi connectivity index (χ1v) is 13.9. The normalized spacial score (nSPS) is 24.2. The molecule has 0 spiro atoms. The fraction of sp³-hybridized carbons (Fsp3) is 0.556. The maximum atomic E-state index is 14.0. The maximum absolute atomic E-state index is 14.0. The molecule has 1 aromatic carbocycles. The smallest absolute Gasteiger partial charge is 0.338 e. The van der Waals surface area contributed by atoms with Gasteiger partial charge < -0.3 is 10.0 Å². The van der Waals surface area contributed by atoms with E-state index in [1.165, 1.54) is 0 Å². The van der Waals surface area contributed by atoms with Gasteiger partial charge in [-0.25, -0.2) is 23.8 Å². The van der Waals surface area contributed by atoms with Crippen LogP contribution in [0.1, 0.15) is 56.8 Å². The molecule has 2 saturated heterocycles. The first kappa shape index (κ1) is 27.1. The van der Waals surface area contributed by atoms with E-state index in [2.05, 4.69) is 16.7 Å². The van der Waals surface area contributed by atoms with Crippen molar-refractivity contribution in [3.05, 3.63) is 45.7 Å². The van der Waals surface area contributed by atoms with Gasteiger partial charge in [0.15, 0.2) is 11.8 Å². The summed E-state index contributed by atoms with van der Waals surface area (Å²) in [5.41, 5.74) is 3.17. The topological polar surface area (TPSA) is 87.4 Å². The monoisotopic (exact) mass is 562 g/mol. The molecule has 1 N–H and O–H groups in total. The number of rotatable bonds is 7. The third-order valence-corrected chi connectivity index (χ3v) is 8.68. The standard InChI is InChI=1S/C27H33Cl2FN6O2/c1-15-14-34(10-8-23(15)35-9-4-5-19(35)12-22(30)27(37)38)24-13-31-25-16(2)33-36(26(25)32-24)17(3)20-7-6-18(28)11-21(20)29/h6-7,11,13,15,17,19,22-23H,4-5,8-10,12,14H2,1-3H3,(H,37,38)/t15?,17?,19-,22?,23?/m0/s1. The average molecular weight is 564 g/mol. The van der Waals surface area contributed by atoms with E-state index in [9.17, 15) is 9.18 Å². The van der Waals surface area contributed by atoms with Gasteiger partial charge in [0, 0.05) is 41.6 Å². The number of carboxylic acid groups (broad SMARTS) is 1. The van der Waals surface area contributed by atoms with Crippen LogP contribution in [0.15, 0.2) is 24.4 Å². The third kappa shape index (κ3) is 5.20. The van der Waals surface area contributed by atoms with Gasteiger partial charge in [0.25, 0.3) is 0 Å². The summed E-state index contributed by atoms with van der Waals surface area (Å²) in [6.45, 7) is 8.64. The molecule has 204 valence electrons. The summed E-state index contributed by atoms with van der Waals surface area (Å²) in [5.74, 6) is -0.259. The second-order valence-electron chi connectivity index (χ2n) is 10.6. The van der Waals surface area contributed by atoms with Crippen LogP contribution < -0.4 is 4.90 Å². The van der Waals surface area contributed by atoms with Crippen LogP contribution in [0, 0.1) is 12.8 Å². The Morgan fingerprint density at radius 1 is 1.26 bits per heavy atom. The van der Waals surface area contributed by atoms with Crippen molar-refractivity contribution in [2.45, 2.75) is 70.8 Å². The zero-order chi connectivity index (χ0) is 27.1. The van der Waals surface area contributed by atoms with Gasteiger partial charge in [-0.2, -0.15) is 5.10 Å². The van der Waals surface area contributed by atoms with Crippen LogP contribution in [0.2, 0.25) is 10.0 Å². The zero-order valence-electron chi connectivity index (χ0n) is 21.8. The highest BCUT2D eigenvalue weighted by Crippen LogP contribution is 2.34. The number of fused-ring (bicyclic) bond motifs is 1. The molecule has 3 aromatic rings. The Balaban J connectivity index is 1.35. The van der Waals surface area contributed by atoms with E-state index in [-0.39, 0.29) is 24.5 Å². The first-order chi connectivity index (χ1) is 18.1. The minimum Gasteiger partial charge on any atom is -0.479 e. The number of carbonyl (C=O) groups is 1. The van der Waals surface area contributed by atoms with Crippen LogP contribution in [0.3, 0.4) is 0 Å². The fourth-order valence-corrected chi connectivity index (χ4v) is 6.72. The lowest BCUT2D eigenvalue weighted by molar-refractivity contribution is -0.143. The predicted molar refractivity (Wildman–Crippen MR) is 147 cm³/mol. The highest BCUT2D eigenvalue weighted by Gasteiger charge is 2.38. The van der Waals surface area contributed by atoms with Crippen LogP contribution in [0.5, 0.6) is 0 Å². The fourth-order valence-electron chi connectivity index (χ4n) is 6.16. The molecule has 0 amide bonds. The zero-order valence-corrected chi connectivity index (χ0v) is 23.3. The van der Waals surface area contributed by atoms with Crippen LogP contribution in [0.25, 0.3) is 11.2 Å². The van der Waals surface area contributed by atoms with Crippen molar-refractivity contribution < 1.29 is 14.3 Å². The number of hydrogen-bond acceptors (Lipinski definition) is 6. The van der Waals surface area contributed by atoms with Crippen molar-refractivity contribution >= 4 is 46.2 Å². The number of hydrogen-bond donors (Lipinski definition) is 1. The molecule has 4 unspecified atom stereocenters. The molecule has 0 saturated carbocycles. The Morgan fingerprint density at radius 2 is 2.05 bits per heavy atom. The van der Waals surface area contributed by atoms with E-state index in [0.29, 0.717) is 21.6 Å². The Bertz CT molecular complexity index is 1340. The van der Waals surface area contributed by atoms with Gasteiger partial charge >= 0.3 is 5.97 Å². The number of benzene rings is 1. The maximum Gasteiger partial charge on any atom is 0.338 e. The predicted octanol–water partition coefficient (Wildman–Crippen LogP) is 5.54. The van der Waals surface area contributed by atoms with Crippen LogP contribution in [0.4, 0.5) is 10.2 Å². The summed E-state index contributed by atoms with van der Waals surface area (Å²) < 4.78 is 15.9. The molecule has 11 heteroatoms. The summed E-state index contributed by atoms with van der Waals surface area (Å²) >= 11 is 12.6. The van der Waals surface area contributed by atoms with Crippen LogP contribution in [-0.2, 0) is 4.79 Å². The quantitative estimate of drug-likeness (QED) is 0.404. The number of anilines is 1. The summed E-state index contributed by atoms with van der Waals surface area (Å²) in [6.07, 6.45) is 2.79. The van der Waals surface area contributed by atoms with E-state index < -0.39 is 12.1 Å². The van der Waals surface area contributed by atoms with Crippen LogP contribution in [-0.4, -0.2) is 73.6 Å². The summed E-state index contributed by atoms with van der Waals surface area (Å²) in [4.78, 5) is 25.4. The Kier molecular flexibility index (Phi) is 7.80. The number of aromatic nitrogens is 4. The molecule has 2 aliphatic heterocycles. The number of aliphatic carboxylic acids is 1.